The maximum Gasteiger partial charge on any atom is 0.319 e. The van der Waals surface area contributed by atoms with E-state index in [0.29, 0.717) is 11.4 Å². The molecule has 0 saturated heterocycles. The van der Waals surface area contributed by atoms with Crippen molar-refractivity contribution in [3.05, 3.63) is 72.3 Å². The Balaban J connectivity index is 1.63. The standard InChI is InChI=1S/C20H20N2O3/c1-25-16-9-5-8-15(12-16)22-20(24)21-13-19(23)18-11-4-7-14-6-2-3-10-17(14)18/h2-12,19,23H,13H2,1H3,(H2,21,22,24)/t19-/m0/s1. The second-order valence-electron chi connectivity index (χ2n) is 5.65. The quantitative estimate of drug-likeness (QED) is 0.665. The average molecular weight is 336 g/mol. The summed E-state index contributed by atoms with van der Waals surface area (Å²) in [6.07, 6.45) is -0.790. The fraction of sp³-hybridized carbons (Fsp3) is 0.150. The van der Waals surface area contributed by atoms with Gasteiger partial charge in [-0.05, 0) is 28.5 Å². The number of ether oxygens (including phenoxy) is 1. The van der Waals surface area contributed by atoms with Crippen LogP contribution in [0.2, 0.25) is 0 Å². The lowest BCUT2D eigenvalue weighted by Gasteiger charge is -2.15. The zero-order chi connectivity index (χ0) is 17.6. The number of hydrogen-bond donors (Lipinski definition) is 3. The Morgan fingerprint density at radius 1 is 1.08 bits per heavy atom. The van der Waals surface area contributed by atoms with E-state index in [-0.39, 0.29) is 12.6 Å². The van der Waals surface area contributed by atoms with Gasteiger partial charge in [-0.25, -0.2) is 4.79 Å². The molecule has 0 unspecified atom stereocenters. The van der Waals surface area contributed by atoms with Gasteiger partial charge >= 0.3 is 6.03 Å². The van der Waals surface area contributed by atoms with E-state index in [1.165, 1.54) is 0 Å². The summed E-state index contributed by atoms with van der Waals surface area (Å²) in [7, 11) is 1.57. The van der Waals surface area contributed by atoms with E-state index >= 15 is 0 Å². The lowest BCUT2D eigenvalue weighted by molar-refractivity contribution is 0.176. The molecule has 3 aromatic carbocycles. The van der Waals surface area contributed by atoms with Gasteiger partial charge in [0.15, 0.2) is 0 Å². The molecule has 25 heavy (non-hydrogen) atoms. The smallest absolute Gasteiger partial charge is 0.319 e. The molecular formula is C20H20N2O3. The Labute approximate surface area is 146 Å². The van der Waals surface area contributed by atoms with Crippen LogP contribution in [-0.2, 0) is 0 Å². The number of urea groups is 1. The summed E-state index contributed by atoms with van der Waals surface area (Å²) in [4.78, 5) is 12.0. The van der Waals surface area contributed by atoms with Gasteiger partial charge in [0, 0.05) is 18.3 Å². The third-order valence-corrected chi connectivity index (χ3v) is 3.97. The van der Waals surface area contributed by atoms with E-state index in [9.17, 15) is 9.90 Å². The maximum absolute atomic E-state index is 12.0. The van der Waals surface area contributed by atoms with Crippen molar-refractivity contribution in [3.8, 4) is 5.75 Å². The highest BCUT2D eigenvalue weighted by atomic mass is 16.5. The van der Waals surface area contributed by atoms with Crippen LogP contribution in [0, 0.1) is 0 Å². The number of fused-ring (bicyclic) bond motifs is 1. The van der Waals surface area contributed by atoms with Gasteiger partial charge in [-0.2, -0.15) is 0 Å². The van der Waals surface area contributed by atoms with E-state index in [0.717, 1.165) is 16.3 Å². The van der Waals surface area contributed by atoms with Crippen LogP contribution in [0.3, 0.4) is 0 Å². The van der Waals surface area contributed by atoms with E-state index in [1.807, 2.05) is 42.5 Å². The summed E-state index contributed by atoms with van der Waals surface area (Å²) < 4.78 is 5.12. The zero-order valence-electron chi connectivity index (χ0n) is 13.9. The van der Waals surface area contributed by atoms with Crippen molar-refractivity contribution in [2.45, 2.75) is 6.10 Å². The minimum absolute atomic E-state index is 0.115. The molecule has 5 nitrogen and oxygen atoms in total. The molecule has 0 saturated carbocycles. The number of amides is 2. The fourth-order valence-corrected chi connectivity index (χ4v) is 2.72. The molecule has 3 rings (SSSR count). The average Bonchev–Trinajstić information content (AvgIpc) is 2.65. The van der Waals surface area contributed by atoms with Crippen LogP contribution in [-0.4, -0.2) is 24.8 Å². The molecule has 2 amide bonds. The summed E-state index contributed by atoms with van der Waals surface area (Å²) in [5.41, 5.74) is 1.41. The van der Waals surface area contributed by atoms with Crippen molar-refractivity contribution < 1.29 is 14.6 Å². The number of aliphatic hydroxyl groups is 1. The van der Waals surface area contributed by atoms with Crippen LogP contribution in [0.5, 0.6) is 5.75 Å². The Morgan fingerprint density at radius 3 is 2.68 bits per heavy atom. The number of rotatable bonds is 5. The van der Waals surface area contributed by atoms with Crippen molar-refractivity contribution in [1.29, 1.82) is 0 Å². The van der Waals surface area contributed by atoms with Crippen LogP contribution in [0.1, 0.15) is 11.7 Å². The Bertz CT molecular complexity index is 874. The number of aliphatic hydroxyl groups excluding tert-OH is 1. The highest BCUT2D eigenvalue weighted by Gasteiger charge is 2.12. The van der Waals surface area contributed by atoms with Gasteiger partial charge in [0.1, 0.15) is 5.75 Å². The lowest BCUT2D eigenvalue weighted by atomic mass is 10.0. The molecule has 128 valence electrons. The highest BCUT2D eigenvalue weighted by Crippen LogP contribution is 2.24. The van der Waals surface area contributed by atoms with Crippen molar-refractivity contribution in [3.63, 3.8) is 0 Å². The van der Waals surface area contributed by atoms with Gasteiger partial charge in [0.25, 0.3) is 0 Å². The molecule has 0 aliphatic rings. The van der Waals surface area contributed by atoms with E-state index in [2.05, 4.69) is 10.6 Å². The van der Waals surface area contributed by atoms with Gasteiger partial charge in [-0.3, -0.25) is 0 Å². The Morgan fingerprint density at radius 2 is 1.84 bits per heavy atom. The topological polar surface area (TPSA) is 70.6 Å². The lowest BCUT2D eigenvalue weighted by Crippen LogP contribution is -2.32. The number of methoxy groups -OCH3 is 1. The molecule has 0 radical (unpaired) electrons. The van der Waals surface area contributed by atoms with Crippen LogP contribution in [0.4, 0.5) is 10.5 Å². The molecule has 0 aromatic heterocycles. The summed E-state index contributed by atoms with van der Waals surface area (Å²) in [6, 6.07) is 20.3. The van der Waals surface area contributed by atoms with Crippen LogP contribution < -0.4 is 15.4 Å². The molecule has 3 aromatic rings. The van der Waals surface area contributed by atoms with Gasteiger partial charge in [-0.15, -0.1) is 0 Å². The zero-order valence-corrected chi connectivity index (χ0v) is 13.9. The van der Waals surface area contributed by atoms with E-state index in [4.69, 9.17) is 4.74 Å². The summed E-state index contributed by atoms with van der Waals surface area (Å²) in [5.74, 6) is 0.661. The minimum Gasteiger partial charge on any atom is -0.497 e. The first kappa shape index (κ1) is 16.8. The number of benzene rings is 3. The van der Waals surface area contributed by atoms with Crippen molar-refractivity contribution in [2.24, 2.45) is 0 Å². The number of carbonyl (C=O) groups is 1. The second-order valence-corrected chi connectivity index (χ2v) is 5.65. The Hall–Kier alpha value is -3.05. The molecule has 5 heteroatoms. The summed E-state index contributed by atoms with van der Waals surface area (Å²) in [5, 5.41) is 17.9. The first-order valence-electron chi connectivity index (χ1n) is 8.02. The molecule has 0 fully saturated rings. The fourth-order valence-electron chi connectivity index (χ4n) is 2.72. The largest absolute Gasteiger partial charge is 0.497 e. The van der Waals surface area contributed by atoms with Crippen LogP contribution >= 0.6 is 0 Å². The maximum atomic E-state index is 12.0. The van der Waals surface area contributed by atoms with Crippen molar-refractivity contribution in [1.82, 2.24) is 5.32 Å². The Kier molecular flexibility index (Phi) is 5.16. The number of carbonyl (C=O) groups excluding carboxylic acids is 1. The summed E-state index contributed by atoms with van der Waals surface area (Å²) >= 11 is 0. The molecule has 0 heterocycles. The second kappa shape index (κ2) is 7.68. The molecule has 0 aliphatic carbocycles. The van der Waals surface area contributed by atoms with Gasteiger partial charge < -0.3 is 20.5 Å². The highest BCUT2D eigenvalue weighted by molar-refractivity contribution is 5.89. The minimum atomic E-state index is -0.790. The summed E-state index contributed by atoms with van der Waals surface area (Å²) in [6.45, 7) is 0.115. The number of anilines is 1. The first-order chi connectivity index (χ1) is 12.2. The van der Waals surface area contributed by atoms with Gasteiger partial charge in [-0.1, -0.05) is 48.5 Å². The molecule has 0 spiro atoms. The normalized spacial score (nSPS) is 11.8. The number of nitrogens with one attached hydrogen (secondary N) is 2. The van der Waals surface area contributed by atoms with Crippen LogP contribution in [0.25, 0.3) is 10.8 Å². The third-order valence-electron chi connectivity index (χ3n) is 3.97. The molecule has 0 bridgehead atoms. The molecule has 3 N–H and O–H groups in total. The van der Waals surface area contributed by atoms with Crippen LogP contribution in [0.15, 0.2) is 66.7 Å². The number of hydrogen-bond acceptors (Lipinski definition) is 3. The third kappa shape index (κ3) is 4.08. The van der Waals surface area contributed by atoms with Gasteiger partial charge in [0.05, 0.1) is 13.2 Å². The molecular weight excluding hydrogens is 316 g/mol. The van der Waals surface area contributed by atoms with E-state index in [1.54, 1.807) is 31.4 Å². The predicted molar refractivity (Wildman–Crippen MR) is 98.9 cm³/mol. The van der Waals surface area contributed by atoms with E-state index < -0.39 is 6.10 Å². The van der Waals surface area contributed by atoms with Crippen molar-refractivity contribution >= 4 is 22.5 Å². The van der Waals surface area contributed by atoms with Crippen molar-refractivity contribution in [2.75, 3.05) is 19.0 Å². The monoisotopic (exact) mass is 336 g/mol. The SMILES string of the molecule is COc1cccc(NC(=O)NC[C@H](O)c2cccc3ccccc23)c1. The predicted octanol–water partition coefficient (Wildman–Crippen LogP) is 3.70. The molecule has 0 aliphatic heterocycles. The van der Waals surface area contributed by atoms with Gasteiger partial charge in [0.2, 0.25) is 0 Å². The molecule has 1 atom stereocenters. The first-order valence-corrected chi connectivity index (χ1v) is 8.02.